The average Bonchev–Trinajstić information content (AvgIpc) is 3.52. The number of furan rings is 1. The topological polar surface area (TPSA) is 45.8 Å². The van der Waals surface area contributed by atoms with Gasteiger partial charge in [-0.15, -0.1) is 23.7 Å². The molecule has 0 bridgehead atoms. The molecule has 8 heteroatoms. The molecule has 0 aliphatic carbocycles. The van der Waals surface area contributed by atoms with E-state index in [1.165, 1.54) is 10.4 Å². The zero-order chi connectivity index (χ0) is 24.4. The lowest BCUT2D eigenvalue weighted by molar-refractivity contribution is 0.0599. The number of likely N-dealkylation sites (tertiary alicyclic amines) is 1. The number of benzene rings is 2. The number of hydrogen-bond acceptors (Lipinski definition) is 5. The van der Waals surface area contributed by atoms with Crippen molar-refractivity contribution in [1.82, 2.24) is 4.90 Å². The number of nitrogens with zero attached hydrogens (tertiary/aromatic N) is 1. The van der Waals surface area contributed by atoms with E-state index in [0.29, 0.717) is 22.5 Å². The molecule has 1 atom stereocenters. The van der Waals surface area contributed by atoms with Gasteiger partial charge in [-0.25, -0.2) is 0 Å². The van der Waals surface area contributed by atoms with Gasteiger partial charge in [-0.2, -0.15) is 0 Å². The van der Waals surface area contributed by atoms with E-state index in [1.807, 2.05) is 36.4 Å². The second kappa shape index (κ2) is 12.2. The highest BCUT2D eigenvalue weighted by Gasteiger charge is 2.23. The van der Waals surface area contributed by atoms with E-state index in [1.54, 1.807) is 11.3 Å². The predicted molar refractivity (Wildman–Crippen MR) is 153 cm³/mol. The van der Waals surface area contributed by atoms with Crippen LogP contribution >= 0.6 is 46.9 Å². The number of ether oxygens (including phenoxy) is 1. The molecular weight excluding hydrogens is 537 g/mol. The number of aliphatic hydroxyl groups is 1. The number of hydrogen-bond donors (Lipinski definition) is 1. The number of aliphatic hydroxyl groups excluding tert-OH is 1. The first kappa shape index (κ1) is 27.3. The molecule has 0 radical (unpaired) electrons. The van der Waals surface area contributed by atoms with Gasteiger partial charge in [0.1, 0.15) is 29.8 Å². The second-order valence-electron chi connectivity index (χ2n) is 9.11. The fraction of sp³-hybridized carbons (Fsp3) is 0.357. The van der Waals surface area contributed by atoms with E-state index in [2.05, 4.69) is 30.0 Å². The van der Waals surface area contributed by atoms with E-state index < -0.39 is 6.10 Å². The Balaban J connectivity index is 0.00000304. The highest BCUT2D eigenvalue weighted by Crippen LogP contribution is 2.37. The third-order valence-electron chi connectivity index (χ3n) is 6.68. The SMILES string of the molecule is CCc1ccc(-c2cc3c(OC[C@@H](O)CN4CCC(c5ccc(Cl)c(Cl)c5)CC4)cccc3o2)s1.Cl. The number of rotatable bonds is 8. The average molecular weight is 567 g/mol. The van der Waals surface area contributed by atoms with Gasteiger partial charge in [0, 0.05) is 11.4 Å². The summed E-state index contributed by atoms with van der Waals surface area (Å²) < 4.78 is 12.1. The highest BCUT2D eigenvalue weighted by molar-refractivity contribution is 7.15. The molecule has 3 heterocycles. The number of thiophene rings is 1. The van der Waals surface area contributed by atoms with Crippen molar-refractivity contribution in [3.63, 3.8) is 0 Å². The molecule has 36 heavy (non-hydrogen) atoms. The summed E-state index contributed by atoms with van der Waals surface area (Å²) in [5, 5.41) is 12.8. The summed E-state index contributed by atoms with van der Waals surface area (Å²) in [5.74, 6) is 2.06. The van der Waals surface area contributed by atoms with Crippen molar-refractivity contribution in [3.8, 4) is 16.4 Å². The molecule has 2 aromatic carbocycles. The molecule has 1 fully saturated rings. The Kier molecular flexibility index (Phi) is 9.26. The smallest absolute Gasteiger partial charge is 0.145 e. The van der Waals surface area contributed by atoms with Crippen LogP contribution in [0.5, 0.6) is 5.75 Å². The highest BCUT2D eigenvalue weighted by atomic mass is 35.5. The van der Waals surface area contributed by atoms with Crippen LogP contribution in [-0.4, -0.2) is 42.4 Å². The molecule has 0 spiro atoms. The Morgan fingerprint density at radius 3 is 2.61 bits per heavy atom. The monoisotopic (exact) mass is 565 g/mol. The molecule has 4 aromatic rings. The maximum absolute atomic E-state index is 10.7. The Labute approximate surface area is 232 Å². The van der Waals surface area contributed by atoms with Gasteiger partial charge in [0.25, 0.3) is 0 Å². The summed E-state index contributed by atoms with van der Waals surface area (Å²) in [5.41, 5.74) is 2.03. The summed E-state index contributed by atoms with van der Waals surface area (Å²) in [6.45, 7) is 4.86. The first-order valence-corrected chi connectivity index (χ1v) is 13.7. The van der Waals surface area contributed by atoms with Crippen molar-refractivity contribution in [2.45, 2.75) is 38.2 Å². The number of piperidine rings is 1. The summed E-state index contributed by atoms with van der Waals surface area (Å²) in [6, 6.07) is 18.0. The molecule has 1 N–H and O–H groups in total. The minimum absolute atomic E-state index is 0. The lowest BCUT2D eigenvalue weighted by atomic mass is 9.89. The van der Waals surface area contributed by atoms with E-state index in [-0.39, 0.29) is 19.0 Å². The zero-order valence-electron chi connectivity index (χ0n) is 20.1. The second-order valence-corrected chi connectivity index (χ2v) is 11.1. The molecule has 5 rings (SSSR count). The zero-order valence-corrected chi connectivity index (χ0v) is 23.2. The van der Waals surface area contributed by atoms with Gasteiger partial charge in [-0.3, -0.25) is 0 Å². The quantitative estimate of drug-likeness (QED) is 0.234. The molecule has 2 aromatic heterocycles. The van der Waals surface area contributed by atoms with Crippen LogP contribution < -0.4 is 4.74 Å². The third-order valence-corrected chi connectivity index (χ3v) is 8.66. The number of fused-ring (bicyclic) bond motifs is 1. The fourth-order valence-electron chi connectivity index (χ4n) is 4.73. The molecule has 0 saturated carbocycles. The summed E-state index contributed by atoms with van der Waals surface area (Å²) in [6.07, 6.45) is 2.52. The molecule has 4 nitrogen and oxygen atoms in total. The van der Waals surface area contributed by atoms with E-state index >= 15 is 0 Å². The van der Waals surface area contributed by atoms with Gasteiger partial charge in [0.2, 0.25) is 0 Å². The number of β-amino-alcohol motifs (C(OH)–C–C–N with tert-alkyl or cyclic N) is 1. The summed E-state index contributed by atoms with van der Waals surface area (Å²) in [7, 11) is 0. The van der Waals surface area contributed by atoms with Crippen LogP contribution in [0.15, 0.2) is 59.0 Å². The Bertz CT molecular complexity index is 1300. The van der Waals surface area contributed by atoms with Gasteiger partial charge in [0.05, 0.1) is 20.3 Å². The fourth-order valence-corrected chi connectivity index (χ4v) is 5.94. The van der Waals surface area contributed by atoms with Crippen LogP contribution in [0, 0.1) is 0 Å². The minimum Gasteiger partial charge on any atom is -0.490 e. The van der Waals surface area contributed by atoms with Crippen LogP contribution in [-0.2, 0) is 6.42 Å². The maximum atomic E-state index is 10.7. The van der Waals surface area contributed by atoms with Gasteiger partial charge in [-0.05, 0) is 86.3 Å². The van der Waals surface area contributed by atoms with Crippen LogP contribution in [0.3, 0.4) is 0 Å². The first-order chi connectivity index (χ1) is 17.0. The van der Waals surface area contributed by atoms with Crippen LogP contribution in [0.1, 0.15) is 36.1 Å². The molecule has 0 unspecified atom stereocenters. The molecule has 192 valence electrons. The minimum atomic E-state index is -0.567. The lowest BCUT2D eigenvalue weighted by Gasteiger charge is -2.33. The molecule has 1 saturated heterocycles. The van der Waals surface area contributed by atoms with Crippen LogP contribution in [0.2, 0.25) is 10.0 Å². The van der Waals surface area contributed by atoms with Crippen molar-refractivity contribution in [2.75, 3.05) is 26.2 Å². The molecule has 0 amide bonds. The number of aryl methyl sites for hydroxylation is 1. The van der Waals surface area contributed by atoms with Crippen molar-refractivity contribution >= 4 is 57.9 Å². The van der Waals surface area contributed by atoms with E-state index in [4.69, 9.17) is 32.4 Å². The van der Waals surface area contributed by atoms with Crippen LogP contribution in [0.25, 0.3) is 21.6 Å². The third kappa shape index (κ3) is 6.21. The van der Waals surface area contributed by atoms with E-state index in [9.17, 15) is 5.11 Å². The van der Waals surface area contributed by atoms with Crippen LogP contribution in [0.4, 0.5) is 0 Å². The van der Waals surface area contributed by atoms with E-state index in [0.717, 1.165) is 59.7 Å². The summed E-state index contributed by atoms with van der Waals surface area (Å²) in [4.78, 5) is 4.76. The molecule has 1 aliphatic heterocycles. The Morgan fingerprint density at radius 2 is 1.89 bits per heavy atom. The standard InChI is InChI=1S/C28H29Cl2NO3S.ClH/c1-2-21-7-9-28(35-21)27-15-22-25(4-3-5-26(22)34-27)33-17-20(32)16-31-12-10-18(11-13-31)19-6-8-23(29)24(30)14-19;/h3-9,14-15,18,20,32H,2,10-13,16-17H2,1H3;1H/t20-;/m0./s1. The molecular formula is C28H30Cl3NO3S. The van der Waals surface area contributed by atoms with Crippen molar-refractivity contribution in [3.05, 3.63) is 75.1 Å². The normalized spacial score (nSPS) is 15.7. The maximum Gasteiger partial charge on any atom is 0.145 e. The van der Waals surface area contributed by atoms with Crippen molar-refractivity contribution in [1.29, 1.82) is 0 Å². The Hall–Kier alpha value is -1.73. The van der Waals surface area contributed by atoms with Crippen molar-refractivity contribution < 1.29 is 14.3 Å². The van der Waals surface area contributed by atoms with Gasteiger partial charge < -0.3 is 19.2 Å². The largest absolute Gasteiger partial charge is 0.490 e. The lowest BCUT2D eigenvalue weighted by Crippen LogP contribution is -2.40. The van der Waals surface area contributed by atoms with Gasteiger partial charge in [-0.1, -0.05) is 42.3 Å². The number of halogens is 3. The molecule has 1 aliphatic rings. The van der Waals surface area contributed by atoms with Gasteiger partial charge in [0.15, 0.2) is 0 Å². The van der Waals surface area contributed by atoms with Crippen molar-refractivity contribution in [2.24, 2.45) is 0 Å². The first-order valence-electron chi connectivity index (χ1n) is 12.1. The summed E-state index contributed by atoms with van der Waals surface area (Å²) >= 11 is 14.0. The van der Waals surface area contributed by atoms with Gasteiger partial charge >= 0.3 is 0 Å². The predicted octanol–water partition coefficient (Wildman–Crippen LogP) is 8.07. The Morgan fingerprint density at radius 1 is 1.08 bits per heavy atom.